The number of aryl methyl sites for hydroxylation is 1. The largest absolute Gasteiger partial charge is 0.353 e. The Morgan fingerprint density at radius 1 is 1.00 bits per heavy atom. The molecular formula is C20H28N2O2. The van der Waals surface area contributed by atoms with Gasteiger partial charge in [-0.3, -0.25) is 9.59 Å². The zero-order valence-corrected chi connectivity index (χ0v) is 14.5. The van der Waals surface area contributed by atoms with Crippen molar-refractivity contribution in [1.29, 1.82) is 0 Å². The molecule has 2 fully saturated rings. The molecule has 2 aliphatic carbocycles. The lowest BCUT2D eigenvalue weighted by molar-refractivity contribution is -0.125. The van der Waals surface area contributed by atoms with E-state index in [9.17, 15) is 9.59 Å². The van der Waals surface area contributed by atoms with Gasteiger partial charge in [0.25, 0.3) is 0 Å². The van der Waals surface area contributed by atoms with Crippen LogP contribution in [0.25, 0.3) is 0 Å². The number of carbonyl (C=O) groups is 2. The van der Waals surface area contributed by atoms with E-state index < -0.39 is 0 Å². The number of para-hydroxylation sites is 1. The first-order valence-electron chi connectivity index (χ1n) is 9.38. The molecule has 0 bridgehead atoms. The molecule has 0 spiro atoms. The Morgan fingerprint density at radius 3 is 2.38 bits per heavy atom. The molecule has 2 unspecified atom stereocenters. The van der Waals surface area contributed by atoms with Gasteiger partial charge in [-0.25, -0.2) is 0 Å². The second-order valence-corrected chi connectivity index (χ2v) is 7.15. The molecule has 3 rings (SSSR count). The number of hydrogen-bond acceptors (Lipinski definition) is 2. The summed E-state index contributed by atoms with van der Waals surface area (Å²) in [6.07, 6.45) is 8.68. The summed E-state index contributed by atoms with van der Waals surface area (Å²) in [5, 5.41) is 6.18. The Bertz CT molecular complexity index is 591. The Balaban J connectivity index is 1.50. The SMILES string of the molecule is CCc1ccccc1NC(=O)C1CC1C(=O)NC1CCCCCC1. The summed E-state index contributed by atoms with van der Waals surface area (Å²) in [5.41, 5.74) is 2.01. The molecule has 0 heterocycles. The van der Waals surface area contributed by atoms with Crippen molar-refractivity contribution >= 4 is 17.5 Å². The number of hydrogen-bond donors (Lipinski definition) is 2. The molecule has 4 heteroatoms. The molecule has 2 saturated carbocycles. The Labute approximate surface area is 144 Å². The minimum absolute atomic E-state index is 0.0167. The molecule has 4 nitrogen and oxygen atoms in total. The van der Waals surface area contributed by atoms with E-state index in [0.29, 0.717) is 12.5 Å². The summed E-state index contributed by atoms with van der Waals surface area (Å²) in [7, 11) is 0. The van der Waals surface area contributed by atoms with Crippen LogP contribution in [0.4, 0.5) is 5.69 Å². The summed E-state index contributed by atoms with van der Waals surface area (Å²) in [5.74, 6) is -0.245. The number of carbonyl (C=O) groups excluding carboxylic acids is 2. The van der Waals surface area contributed by atoms with Gasteiger partial charge < -0.3 is 10.6 Å². The van der Waals surface area contributed by atoms with Crippen LogP contribution in [0.3, 0.4) is 0 Å². The highest BCUT2D eigenvalue weighted by molar-refractivity contribution is 5.99. The van der Waals surface area contributed by atoms with E-state index in [1.165, 1.54) is 25.7 Å². The first-order valence-corrected chi connectivity index (χ1v) is 9.38. The fourth-order valence-electron chi connectivity index (χ4n) is 3.68. The lowest BCUT2D eigenvalue weighted by Crippen LogP contribution is -2.36. The summed E-state index contributed by atoms with van der Waals surface area (Å²) in [6.45, 7) is 2.07. The summed E-state index contributed by atoms with van der Waals surface area (Å²) < 4.78 is 0. The van der Waals surface area contributed by atoms with Crippen molar-refractivity contribution < 1.29 is 9.59 Å². The normalized spacial score (nSPS) is 24.0. The van der Waals surface area contributed by atoms with Gasteiger partial charge in [0.15, 0.2) is 0 Å². The second-order valence-electron chi connectivity index (χ2n) is 7.15. The van der Waals surface area contributed by atoms with E-state index >= 15 is 0 Å². The van der Waals surface area contributed by atoms with Crippen LogP contribution in [0.5, 0.6) is 0 Å². The van der Waals surface area contributed by atoms with Crippen molar-refractivity contribution in [1.82, 2.24) is 5.32 Å². The number of nitrogens with one attached hydrogen (secondary N) is 2. The minimum atomic E-state index is -0.166. The predicted molar refractivity (Wildman–Crippen MR) is 95.7 cm³/mol. The van der Waals surface area contributed by atoms with Crippen molar-refractivity contribution in [2.24, 2.45) is 11.8 Å². The third kappa shape index (κ3) is 4.16. The van der Waals surface area contributed by atoms with Gasteiger partial charge in [-0.1, -0.05) is 50.8 Å². The van der Waals surface area contributed by atoms with E-state index in [0.717, 1.165) is 30.5 Å². The smallest absolute Gasteiger partial charge is 0.228 e. The number of benzene rings is 1. The first kappa shape index (κ1) is 17.0. The Morgan fingerprint density at radius 2 is 1.67 bits per heavy atom. The highest BCUT2D eigenvalue weighted by Crippen LogP contribution is 2.40. The molecule has 1 aromatic carbocycles. The standard InChI is InChI=1S/C20H28N2O2/c1-2-14-9-7-8-12-18(14)22-20(24)17-13-16(17)19(23)21-15-10-5-3-4-6-11-15/h7-9,12,15-17H,2-6,10-11,13H2,1H3,(H,21,23)(H,22,24). The first-order chi connectivity index (χ1) is 11.7. The van der Waals surface area contributed by atoms with Crippen molar-refractivity contribution in [3.05, 3.63) is 29.8 Å². The van der Waals surface area contributed by atoms with E-state index in [1.807, 2.05) is 24.3 Å². The van der Waals surface area contributed by atoms with Crippen LogP contribution in [0, 0.1) is 11.8 Å². The van der Waals surface area contributed by atoms with Gasteiger partial charge in [0.05, 0.1) is 11.8 Å². The van der Waals surface area contributed by atoms with Crippen LogP contribution in [0.1, 0.15) is 57.4 Å². The molecular weight excluding hydrogens is 300 g/mol. The molecule has 2 aliphatic rings. The Hall–Kier alpha value is -1.84. The molecule has 1 aromatic rings. The quantitative estimate of drug-likeness (QED) is 0.810. The van der Waals surface area contributed by atoms with Crippen LogP contribution in [-0.2, 0) is 16.0 Å². The number of amides is 2. The molecule has 130 valence electrons. The third-order valence-corrected chi connectivity index (χ3v) is 5.32. The van der Waals surface area contributed by atoms with Crippen molar-refractivity contribution in [3.63, 3.8) is 0 Å². The predicted octanol–water partition coefficient (Wildman–Crippen LogP) is 3.66. The third-order valence-electron chi connectivity index (χ3n) is 5.32. The fraction of sp³-hybridized carbons (Fsp3) is 0.600. The molecule has 0 radical (unpaired) electrons. The van der Waals surface area contributed by atoms with E-state index in [2.05, 4.69) is 17.6 Å². The molecule has 2 atom stereocenters. The molecule has 2 N–H and O–H groups in total. The average Bonchev–Trinajstić information content (AvgIpc) is 3.40. The summed E-state index contributed by atoms with van der Waals surface area (Å²) in [4.78, 5) is 24.8. The molecule has 0 aromatic heterocycles. The van der Waals surface area contributed by atoms with Crippen LogP contribution in [-0.4, -0.2) is 17.9 Å². The molecule has 0 saturated heterocycles. The Kier molecular flexibility index (Phi) is 5.54. The van der Waals surface area contributed by atoms with Gasteiger partial charge in [-0.05, 0) is 37.3 Å². The maximum absolute atomic E-state index is 12.4. The summed E-state index contributed by atoms with van der Waals surface area (Å²) in [6, 6.07) is 8.18. The van der Waals surface area contributed by atoms with E-state index in [1.54, 1.807) is 0 Å². The lowest BCUT2D eigenvalue weighted by atomic mass is 10.1. The van der Waals surface area contributed by atoms with Gasteiger partial charge >= 0.3 is 0 Å². The topological polar surface area (TPSA) is 58.2 Å². The van der Waals surface area contributed by atoms with Gasteiger partial charge in [0.1, 0.15) is 0 Å². The molecule has 0 aliphatic heterocycles. The highest BCUT2D eigenvalue weighted by Gasteiger charge is 2.48. The van der Waals surface area contributed by atoms with Gasteiger partial charge in [0, 0.05) is 11.7 Å². The van der Waals surface area contributed by atoms with E-state index in [-0.39, 0.29) is 23.7 Å². The maximum Gasteiger partial charge on any atom is 0.228 e. The lowest BCUT2D eigenvalue weighted by Gasteiger charge is -2.16. The van der Waals surface area contributed by atoms with Crippen molar-refractivity contribution in [3.8, 4) is 0 Å². The van der Waals surface area contributed by atoms with Crippen LogP contribution >= 0.6 is 0 Å². The van der Waals surface area contributed by atoms with Crippen LogP contribution in [0.2, 0.25) is 0 Å². The zero-order chi connectivity index (χ0) is 16.9. The van der Waals surface area contributed by atoms with Gasteiger partial charge in [-0.2, -0.15) is 0 Å². The minimum Gasteiger partial charge on any atom is -0.353 e. The average molecular weight is 328 g/mol. The highest BCUT2D eigenvalue weighted by atomic mass is 16.2. The van der Waals surface area contributed by atoms with Crippen LogP contribution in [0.15, 0.2) is 24.3 Å². The summed E-state index contributed by atoms with van der Waals surface area (Å²) >= 11 is 0. The fourth-order valence-corrected chi connectivity index (χ4v) is 3.68. The number of anilines is 1. The van der Waals surface area contributed by atoms with Gasteiger partial charge in [0.2, 0.25) is 11.8 Å². The van der Waals surface area contributed by atoms with Gasteiger partial charge in [-0.15, -0.1) is 0 Å². The maximum atomic E-state index is 12.4. The monoisotopic (exact) mass is 328 g/mol. The number of rotatable bonds is 5. The van der Waals surface area contributed by atoms with E-state index in [4.69, 9.17) is 0 Å². The van der Waals surface area contributed by atoms with Crippen molar-refractivity contribution in [2.45, 2.75) is 64.3 Å². The molecule has 24 heavy (non-hydrogen) atoms. The second kappa shape index (κ2) is 7.82. The zero-order valence-electron chi connectivity index (χ0n) is 14.5. The molecule has 2 amide bonds. The van der Waals surface area contributed by atoms with Crippen LogP contribution < -0.4 is 10.6 Å². The van der Waals surface area contributed by atoms with Crippen molar-refractivity contribution in [2.75, 3.05) is 5.32 Å².